The third-order valence-electron chi connectivity index (χ3n) is 4.23. The van der Waals surface area contributed by atoms with Crippen molar-refractivity contribution < 1.29 is 0 Å². The Kier molecular flexibility index (Phi) is 3.09. The second-order valence-corrected chi connectivity index (χ2v) is 5.96. The number of nitriles is 1. The number of nitrogens with zero attached hydrogens (tertiary/aromatic N) is 1. The minimum absolute atomic E-state index is 0.0750. The molecule has 3 heteroatoms. The van der Waals surface area contributed by atoms with Crippen LogP contribution in [-0.2, 0) is 0 Å². The molecule has 0 N–H and O–H groups in total. The molecule has 0 aromatic heterocycles. The molecule has 3 aliphatic rings. The van der Waals surface area contributed by atoms with E-state index >= 15 is 0 Å². The molecule has 0 amide bonds. The summed E-state index contributed by atoms with van der Waals surface area (Å²) in [5.74, 6) is 1.22. The summed E-state index contributed by atoms with van der Waals surface area (Å²) < 4.78 is 0. The molecule has 1 aromatic carbocycles. The smallest absolute Gasteiger partial charge is 0.0668 e. The Balaban J connectivity index is 2.02. The molecule has 1 saturated carbocycles. The quantitative estimate of drug-likeness (QED) is 0.676. The molecule has 4 rings (SSSR count). The van der Waals surface area contributed by atoms with Gasteiger partial charge in [0.1, 0.15) is 0 Å². The fourth-order valence-electron chi connectivity index (χ4n) is 3.34. The molecular formula is C15H13Cl2N. The molecule has 0 radical (unpaired) electrons. The van der Waals surface area contributed by atoms with Crippen molar-refractivity contribution in [2.45, 2.75) is 18.8 Å². The number of rotatable bonds is 1. The molecule has 0 saturated heterocycles. The molecule has 1 aromatic rings. The van der Waals surface area contributed by atoms with Gasteiger partial charge in [-0.25, -0.2) is 0 Å². The first-order valence-corrected chi connectivity index (χ1v) is 6.99. The van der Waals surface area contributed by atoms with Crippen molar-refractivity contribution in [2.75, 3.05) is 0 Å². The largest absolute Gasteiger partial charge is 0.198 e. The van der Waals surface area contributed by atoms with Gasteiger partial charge in [0.05, 0.1) is 22.0 Å². The zero-order valence-corrected chi connectivity index (χ0v) is 11.3. The number of hydrogen-bond donors (Lipinski definition) is 0. The highest BCUT2D eigenvalue weighted by Crippen LogP contribution is 2.50. The van der Waals surface area contributed by atoms with E-state index in [0.29, 0.717) is 21.9 Å². The monoisotopic (exact) mass is 277 g/mol. The highest BCUT2D eigenvalue weighted by molar-refractivity contribution is 6.42. The predicted molar refractivity (Wildman–Crippen MR) is 73.7 cm³/mol. The van der Waals surface area contributed by atoms with Crippen LogP contribution >= 0.6 is 23.2 Å². The minimum Gasteiger partial charge on any atom is -0.198 e. The molecule has 3 aliphatic carbocycles. The van der Waals surface area contributed by atoms with E-state index < -0.39 is 0 Å². The fourth-order valence-corrected chi connectivity index (χ4v) is 3.65. The fraction of sp³-hybridized carbons (Fsp3) is 0.400. The molecule has 0 unspecified atom stereocenters. The highest BCUT2D eigenvalue weighted by Gasteiger charge is 2.41. The highest BCUT2D eigenvalue weighted by atomic mass is 35.5. The normalized spacial score (nSPS) is 33.4. The van der Waals surface area contributed by atoms with Gasteiger partial charge in [-0.3, -0.25) is 0 Å². The van der Waals surface area contributed by atoms with E-state index in [-0.39, 0.29) is 11.8 Å². The Bertz CT molecular complexity index is 544. The van der Waals surface area contributed by atoms with Crippen molar-refractivity contribution in [3.8, 4) is 6.07 Å². The topological polar surface area (TPSA) is 23.8 Å². The van der Waals surface area contributed by atoms with Gasteiger partial charge >= 0.3 is 0 Å². The van der Waals surface area contributed by atoms with Gasteiger partial charge in [0.25, 0.3) is 0 Å². The molecule has 0 spiro atoms. The molecule has 18 heavy (non-hydrogen) atoms. The van der Waals surface area contributed by atoms with Crippen LogP contribution in [0.15, 0.2) is 30.4 Å². The zero-order valence-electron chi connectivity index (χ0n) is 9.81. The van der Waals surface area contributed by atoms with Crippen LogP contribution in [-0.4, -0.2) is 0 Å². The van der Waals surface area contributed by atoms with E-state index in [9.17, 15) is 5.26 Å². The molecule has 1 fully saturated rings. The lowest BCUT2D eigenvalue weighted by Crippen LogP contribution is -2.34. The second-order valence-electron chi connectivity index (χ2n) is 5.14. The van der Waals surface area contributed by atoms with Crippen molar-refractivity contribution in [3.63, 3.8) is 0 Å². The first-order valence-electron chi connectivity index (χ1n) is 6.23. The average Bonchev–Trinajstić information content (AvgIpc) is 2.42. The van der Waals surface area contributed by atoms with Crippen LogP contribution in [0.1, 0.15) is 24.3 Å². The molecule has 92 valence electrons. The summed E-state index contributed by atoms with van der Waals surface area (Å²) >= 11 is 12.1. The van der Waals surface area contributed by atoms with Gasteiger partial charge in [0.15, 0.2) is 0 Å². The van der Waals surface area contributed by atoms with Gasteiger partial charge in [-0.15, -0.1) is 0 Å². The number of benzene rings is 1. The molecule has 1 nitrogen and oxygen atoms in total. The van der Waals surface area contributed by atoms with Gasteiger partial charge in [0, 0.05) is 5.92 Å². The van der Waals surface area contributed by atoms with Crippen LogP contribution in [0.5, 0.6) is 0 Å². The van der Waals surface area contributed by atoms with Crippen molar-refractivity contribution in [1.82, 2.24) is 0 Å². The van der Waals surface area contributed by atoms with Crippen LogP contribution in [0.2, 0.25) is 10.0 Å². The van der Waals surface area contributed by atoms with E-state index in [4.69, 9.17) is 23.2 Å². The molecule has 0 heterocycles. The summed E-state index contributed by atoms with van der Waals surface area (Å²) in [5.41, 5.74) is 1.15. The Morgan fingerprint density at radius 1 is 1.06 bits per heavy atom. The predicted octanol–water partition coefficient (Wildman–Crippen LogP) is 4.81. The van der Waals surface area contributed by atoms with Gasteiger partial charge in [0.2, 0.25) is 0 Å². The van der Waals surface area contributed by atoms with Gasteiger partial charge in [-0.05, 0) is 42.4 Å². The summed E-state index contributed by atoms with van der Waals surface area (Å²) in [6.07, 6.45) is 6.80. The summed E-state index contributed by atoms with van der Waals surface area (Å²) in [6.45, 7) is 0. The van der Waals surface area contributed by atoms with Gasteiger partial charge in [-0.2, -0.15) is 5.26 Å². The lowest BCUT2D eigenvalue weighted by molar-refractivity contribution is 0.225. The van der Waals surface area contributed by atoms with E-state index in [0.717, 1.165) is 12.0 Å². The Hall–Kier alpha value is -0.970. The van der Waals surface area contributed by atoms with E-state index in [2.05, 4.69) is 18.2 Å². The third kappa shape index (κ3) is 1.85. The maximum Gasteiger partial charge on any atom is 0.0668 e. The number of fused-ring (bicyclic) bond motifs is 2. The van der Waals surface area contributed by atoms with Crippen molar-refractivity contribution >= 4 is 23.2 Å². The first-order chi connectivity index (χ1) is 8.70. The first kappa shape index (κ1) is 12.1. The lowest BCUT2D eigenvalue weighted by atomic mass is 9.61. The number of hydrogen-bond acceptors (Lipinski definition) is 1. The second kappa shape index (κ2) is 4.61. The number of allylic oxidation sites excluding steroid dienone is 2. The molecule has 2 bridgehead atoms. The molecule has 0 aliphatic heterocycles. The Morgan fingerprint density at radius 3 is 2.39 bits per heavy atom. The summed E-state index contributed by atoms with van der Waals surface area (Å²) in [6, 6.07) is 8.26. The number of halogens is 2. The third-order valence-corrected chi connectivity index (χ3v) is 4.96. The molecule has 4 atom stereocenters. The maximum absolute atomic E-state index is 9.43. The van der Waals surface area contributed by atoms with Gasteiger partial charge < -0.3 is 0 Å². The van der Waals surface area contributed by atoms with Crippen LogP contribution in [0.4, 0.5) is 0 Å². The zero-order chi connectivity index (χ0) is 12.7. The molecular weight excluding hydrogens is 265 g/mol. The maximum atomic E-state index is 9.43. The summed E-state index contributed by atoms with van der Waals surface area (Å²) in [7, 11) is 0. The van der Waals surface area contributed by atoms with Crippen LogP contribution in [0, 0.1) is 29.1 Å². The van der Waals surface area contributed by atoms with Gasteiger partial charge in [-0.1, -0.05) is 41.4 Å². The van der Waals surface area contributed by atoms with E-state index in [1.807, 2.05) is 18.2 Å². The SMILES string of the molecule is N#C[C@H]1[C@@H](c2ccc(Cl)c(Cl)c2)[C@H]2C=C[C@@H]1CC2. The Labute approximate surface area is 117 Å². The van der Waals surface area contributed by atoms with Crippen molar-refractivity contribution in [2.24, 2.45) is 17.8 Å². The van der Waals surface area contributed by atoms with Crippen molar-refractivity contribution in [1.29, 1.82) is 5.26 Å². The van der Waals surface area contributed by atoms with E-state index in [1.54, 1.807) is 0 Å². The van der Waals surface area contributed by atoms with Crippen molar-refractivity contribution in [3.05, 3.63) is 46.0 Å². The van der Waals surface area contributed by atoms with Crippen LogP contribution in [0.25, 0.3) is 0 Å². The Morgan fingerprint density at radius 2 is 1.78 bits per heavy atom. The van der Waals surface area contributed by atoms with E-state index in [1.165, 1.54) is 6.42 Å². The minimum atomic E-state index is 0.0750. The summed E-state index contributed by atoms with van der Waals surface area (Å²) in [5, 5.41) is 10.6. The average molecular weight is 278 g/mol. The standard InChI is InChI=1S/C15H13Cl2N/c16-13-6-5-11(7-14(13)17)15-10-3-1-9(2-4-10)12(15)8-18/h1,3,5-7,9-10,12,15H,2,4H2/t9-,10+,12-,15-/m1/s1. The van der Waals surface area contributed by atoms with Crippen LogP contribution < -0.4 is 0 Å². The van der Waals surface area contributed by atoms with Crippen LogP contribution in [0.3, 0.4) is 0 Å². The lowest BCUT2D eigenvalue weighted by Gasteiger charge is -2.42. The summed E-state index contributed by atoms with van der Waals surface area (Å²) in [4.78, 5) is 0.